The van der Waals surface area contributed by atoms with E-state index in [0.29, 0.717) is 19.3 Å². The van der Waals surface area contributed by atoms with E-state index in [1.807, 2.05) is 30.3 Å². The number of ether oxygens (including phenoxy) is 2. The zero-order valence-electron chi connectivity index (χ0n) is 10.1. The molecule has 1 aliphatic heterocycles. The number of benzene rings is 1. The number of carbonyl (C=O) groups excluding carboxylic acids is 2. The number of hydrogen-bond acceptors (Lipinski definition) is 4. The summed E-state index contributed by atoms with van der Waals surface area (Å²) >= 11 is 0. The van der Waals surface area contributed by atoms with Gasteiger partial charge in [-0.2, -0.15) is 0 Å². The summed E-state index contributed by atoms with van der Waals surface area (Å²) in [5.41, 5.74) is 0.955. The maximum atomic E-state index is 11.8. The van der Waals surface area contributed by atoms with Gasteiger partial charge in [-0.05, 0) is 18.4 Å². The van der Waals surface area contributed by atoms with Crippen LogP contribution in [0.3, 0.4) is 0 Å². The van der Waals surface area contributed by atoms with Crippen molar-refractivity contribution >= 4 is 11.9 Å². The highest BCUT2D eigenvalue weighted by molar-refractivity contribution is 5.75. The fourth-order valence-corrected chi connectivity index (χ4v) is 1.87. The molecule has 18 heavy (non-hydrogen) atoms. The summed E-state index contributed by atoms with van der Waals surface area (Å²) in [6.07, 6.45) is 1.73. The topological polar surface area (TPSA) is 52.6 Å². The number of carbonyl (C=O) groups is 2. The summed E-state index contributed by atoms with van der Waals surface area (Å²) in [5.74, 6) is -0.831. The van der Waals surface area contributed by atoms with Crippen LogP contribution in [0.4, 0.5) is 0 Å². The Bertz CT molecular complexity index is 413. The Morgan fingerprint density at radius 1 is 1.33 bits per heavy atom. The minimum atomic E-state index is -0.319. The van der Waals surface area contributed by atoms with Crippen LogP contribution in [0.2, 0.25) is 0 Å². The lowest BCUT2D eigenvalue weighted by Gasteiger charge is -2.12. The van der Waals surface area contributed by atoms with E-state index >= 15 is 0 Å². The third kappa shape index (κ3) is 3.58. The van der Waals surface area contributed by atoms with Crippen LogP contribution in [0.5, 0.6) is 0 Å². The molecule has 4 heteroatoms. The Balaban J connectivity index is 1.82. The molecular formula is C14H16O4. The molecule has 0 bridgehead atoms. The van der Waals surface area contributed by atoms with Crippen molar-refractivity contribution < 1.29 is 19.1 Å². The fourth-order valence-electron chi connectivity index (χ4n) is 1.87. The van der Waals surface area contributed by atoms with Gasteiger partial charge in [-0.3, -0.25) is 9.59 Å². The molecule has 0 saturated carbocycles. The molecule has 0 aliphatic carbocycles. The van der Waals surface area contributed by atoms with Crippen LogP contribution in [0, 0.1) is 5.92 Å². The zero-order chi connectivity index (χ0) is 12.8. The van der Waals surface area contributed by atoms with Crippen molar-refractivity contribution in [2.75, 3.05) is 6.61 Å². The summed E-state index contributed by atoms with van der Waals surface area (Å²) in [5, 5.41) is 0. The molecule has 1 heterocycles. The first-order valence-corrected chi connectivity index (χ1v) is 6.12. The maximum absolute atomic E-state index is 11.8. The molecule has 0 aromatic heterocycles. The fraction of sp³-hybridized carbons (Fsp3) is 0.429. The lowest BCUT2D eigenvalue weighted by Crippen LogP contribution is -2.22. The second-order valence-corrected chi connectivity index (χ2v) is 4.37. The van der Waals surface area contributed by atoms with E-state index in [1.54, 1.807) is 0 Å². The Hall–Kier alpha value is -1.84. The molecular weight excluding hydrogens is 232 g/mol. The zero-order valence-corrected chi connectivity index (χ0v) is 10.1. The van der Waals surface area contributed by atoms with Gasteiger partial charge in [-0.25, -0.2) is 0 Å². The van der Waals surface area contributed by atoms with Crippen molar-refractivity contribution in [1.82, 2.24) is 0 Å². The normalized spacial score (nSPS) is 19.8. The average Bonchev–Trinajstić information content (AvgIpc) is 2.62. The lowest BCUT2D eigenvalue weighted by molar-refractivity contribution is -0.154. The summed E-state index contributed by atoms with van der Waals surface area (Å²) in [7, 11) is 0. The SMILES string of the molecule is O=C1CCCC(C(=O)OCc2ccccc2)CO1. The van der Waals surface area contributed by atoms with Crippen molar-refractivity contribution in [3.63, 3.8) is 0 Å². The van der Waals surface area contributed by atoms with E-state index < -0.39 is 0 Å². The van der Waals surface area contributed by atoms with Gasteiger partial charge in [0.1, 0.15) is 13.2 Å². The van der Waals surface area contributed by atoms with Gasteiger partial charge in [-0.15, -0.1) is 0 Å². The van der Waals surface area contributed by atoms with Crippen molar-refractivity contribution in [2.45, 2.75) is 25.9 Å². The highest BCUT2D eigenvalue weighted by Gasteiger charge is 2.25. The largest absolute Gasteiger partial charge is 0.465 e. The first-order valence-electron chi connectivity index (χ1n) is 6.12. The molecule has 1 aliphatic rings. The lowest BCUT2D eigenvalue weighted by atomic mass is 10.0. The molecule has 1 unspecified atom stereocenters. The molecule has 1 aromatic carbocycles. The number of esters is 2. The molecule has 96 valence electrons. The van der Waals surface area contributed by atoms with Crippen LogP contribution in [-0.4, -0.2) is 18.5 Å². The van der Waals surface area contributed by atoms with Gasteiger partial charge in [0.15, 0.2) is 0 Å². The quantitative estimate of drug-likeness (QED) is 0.768. The van der Waals surface area contributed by atoms with Crippen LogP contribution in [-0.2, 0) is 25.7 Å². The highest BCUT2D eigenvalue weighted by Crippen LogP contribution is 2.17. The van der Waals surface area contributed by atoms with E-state index in [1.165, 1.54) is 0 Å². The molecule has 0 amide bonds. The van der Waals surface area contributed by atoms with Crippen LogP contribution in [0.25, 0.3) is 0 Å². The average molecular weight is 248 g/mol. The van der Waals surface area contributed by atoms with Gasteiger partial charge >= 0.3 is 11.9 Å². The smallest absolute Gasteiger partial charge is 0.312 e. The summed E-state index contributed by atoms with van der Waals surface area (Å²) in [6, 6.07) is 9.52. The maximum Gasteiger partial charge on any atom is 0.312 e. The van der Waals surface area contributed by atoms with E-state index in [-0.39, 0.29) is 31.1 Å². The molecule has 0 spiro atoms. The van der Waals surface area contributed by atoms with E-state index in [2.05, 4.69) is 0 Å². The van der Waals surface area contributed by atoms with Crippen LogP contribution < -0.4 is 0 Å². The molecule has 2 rings (SSSR count). The van der Waals surface area contributed by atoms with Gasteiger partial charge in [0.2, 0.25) is 0 Å². The van der Waals surface area contributed by atoms with Crippen molar-refractivity contribution in [2.24, 2.45) is 5.92 Å². The Kier molecular flexibility index (Phi) is 4.34. The molecule has 4 nitrogen and oxygen atoms in total. The monoisotopic (exact) mass is 248 g/mol. The predicted molar refractivity (Wildman–Crippen MR) is 64.5 cm³/mol. The number of rotatable bonds is 3. The second-order valence-electron chi connectivity index (χ2n) is 4.37. The van der Waals surface area contributed by atoms with Gasteiger partial charge < -0.3 is 9.47 Å². The molecule has 0 radical (unpaired) electrons. The van der Waals surface area contributed by atoms with Gasteiger partial charge in [0, 0.05) is 6.42 Å². The standard InChI is InChI=1S/C14H16O4/c15-13-8-4-7-12(10-17-13)14(16)18-9-11-5-2-1-3-6-11/h1-3,5-6,12H,4,7-10H2. The van der Waals surface area contributed by atoms with Gasteiger partial charge in [0.05, 0.1) is 5.92 Å². The third-order valence-electron chi connectivity index (χ3n) is 2.94. The van der Waals surface area contributed by atoms with Gasteiger partial charge in [0.25, 0.3) is 0 Å². The summed E-state index contributed by atoms with van der Waals surface area (Å²) in [4.78, 5) is 22.9. The molecule has 1 saturated heterocycles. The molecule has 0 N–H and O–H groups in total. The van der Waals surface area contributed by atoms with Crippen LogP contribution >= 0.6 is 0 Å². The van der Waals surface area contributed by atoms with Crippen molar-refractivity contribution in [3.05, 3.63) is 35.9 Å². The minimum Gasteiger partial charge on any atom is -0.465 e. The highest BCUT2D eigenvalue weighted by atomic mass is 16.5. The summed E-state index contributed by atoms with van der Waals surface area (Å²) < 4.78 is 10.2. The predicted octanol–water partition coefficient (Wildman–Crippen LogP) is 2.07. The molecule has 1 fully saturated rings. The third-order valence-corrected chi connectivity index (χ3v) is 2.94. The second kappa shape index (κ2) is 6.19. The van der Waals surface area contributed by atoms with Gasteiger partial charge in [-0.1, -0.05) is 30.3 Å². The van der Waals surface area contributed by atoms with E-state index in [4.69, 9.17) is 9.47 Å². The summed E-state index contributed by atoms with van der Waals surface area (Å²) in [6.45, 7) is 0.413. The van der Waals surface area contributed by atoms with E-state index in [0.717, 1.165) is 5.56 Å². The Morgan fingerprint density at radius 3 is 2.89 bits per heavy atom. The first-order chi connectivity index (χ1) is 8.75. The van der Waals surface area contributed by atoms with Crippen LogP contribution in [0.1, 0.15) is 24.8 Å². The minimum absolute atomic E-state index is 0.145. The molecule has 1 atom stereocenters. The number of cyclic esters (lactones) is 1. The van der Waals surface area contributed by atoms with E-state index in [9.17, 15) is 9.59 Å². The Morgan fingerprint density at radius 2 is 2.11 bits per heavy atom. The first kappa shape index (κ1) is 12.6. The molecule has 1 aromatic rings. The van der Waals surface area contributed by atoms with Crippen LogP contribution in [0.15, 0.2) is 30.3 Å². The van der Waals surface area contributed by atoms with Crippen molar-refractivity contribution in [3.8, 4) is 0 Å². The number of hydrogen-bond donors (Lipinski definition) is 0. The van der Waals surface area contributed by atoms with Crippen molar-refractivity contribution in [1.29, 1.82) is 0 Å². The Labute approximate surface area is 106 Å².